The van der Waals surface area contributed by atoms with Gasteiger partial charge in [-0.3, -0.25) is 4.31 Å². The topological polar surface area (TPSA) is 46.6 Å². The highest BCUT2D eigenvalue weighted by Crippen LogP contribution is 2.38. The van der Waals surface area contributed by atoms with Crippen LogP contribution in [0.25, 0.3) is 0 Å². The van der Waals surface area contributed by atoms with Crippen molar-refractivity contribution in [1.82, 2.24) is 0 Å². The van der Waals surface area contributed by atoms with Gasteiger partial charge in [-0.25, -0.2) is 8.42 Å². The van der Waals surface area contributed by atoms with Crippen LogP contribution in [0.15, 0.2) is 45.8 Å². The first-order valence-corrected chi connectivity index (χ1v) is 9.55. The summed E-state index contributed by atoms with van der Waals surface area (Å²) in [6.45, 7) is 3.78. The molecule has 1 aliphatic heterocycles. The van der Waals surface area contributed by atoms with Crippen LogP contribution in [0.5, 0.6) is 5.75 Å². The summed E-state index contributed by atoms with van der Waals surface area (Å²) in [4.78, 5) is 0.290. The fraction of sp³-hybridized carbons (Fsp3) is 0.294. The number of rotatable bonds is 3. The summed E-state index contributed by atoms with van der Waals surface area (Å²) in [6, 6.07) is 10.6. The fourth-order valence-electron chi connectivity index (χ4n) is 3.06. The third-order valence-electron chi connectivity index (χ3n) is 4.12. The minimum absolute atomic E-state index is 0.105. The normalized spacial score (nSPS) is 17.2. The van der Waals surface area contributed by atoms with E-state index in [1.165, 1.54) is 4.31 Å². The molecule has 6 heteroatoms. The molecule has 3 rings (SSSR count). The summed E-state index contributed by atoms with van der Waals surface area (Å²) in [5.41, 5.74) is 2.60. The number of halogens is 1. The molecule has 0 radical (unpaired) electrons. The number of anilines is 1. The number of methoxy groups -OCH3 is 1. The van der Waals surface area contributed by atoms with Gasteiger partial charge in [0.2, 0.25) is 0 Å². The second-order valence-corrected chi connectivity index (χ2v) is 8.49. The van der Waals surface area contributed by atoms with E-state index < -0.39 is 10.0 Å². The molecule has 2 aromatic carbocycles. The van der Waals surface area contributed by atoms with E-state index in [0.29, 0.717) is 17.1 Å². The van der Waals surface area contributed by atoms with Crippen LogP contribution < -0.4 is 9.04 Å². The van der Waals surface area contributed by atoms with E-state index in [1.807, 2.05) is 32.0 Å². The predicted molar refractivity (Wildman–Crippen MR) is 94.7 cm³/mol. The van der Waals surface area contributed by atoms with Crippen LogP contribution in [0.3, 0.4) is 0 Å². The lowest BCUT2D eigenvalue weighted by molar-refractivity contribution is 0.411. The van der Waals surface area contributed by atoms with Crippen LogP contribution in [0.1, 0.15) is 18.1 Å². The summed E-state index contributed by atoms with van der Waals surface area (Å²) in [6.07, 6.45) is 0.711. The highest BCUT2D eigenvalue weighted by molar-refractivity contribution is 9.10. The number of hydrogen-bond acceptors (Lipinski definition) is 3. The van der Waals surface area contributed by atoms with Gasteiger partial charge in [0.25, 0.3) is 10.0 Å². The summed E-state index contributed by atoms with van der Waals surface area (Å²) >= 11 is 3.44. The maximum absolute atomic E-state index is 13.1. The van der Waals surface area contributed by atoms with Crippen molar-refractivity contribution in [2.24, 2.45) is 0 Å². The second-order valence-electron chi connectivity index (χ2n) is 5.76. The highest BCUT2D eigenvalue weighted by atomic mass is 79.9. The van der Waals surface area contributed by atoms with E-state index in [-0.39, 0.29) is 6.04 Å². The Morgan fingerprint density at radius 2 is 1.96 bits per heavy atom. The molecule has 0 aromatic heterocycles. The van der Waals surface area contributed by atoms with Crippen molar-refractivity contribution in [2.75, 3.05) is 11.4 Å². The Kier molecular flexibility index (Phi) is 4.14. The Labute approximate surface area is 145 Å². The molecule has 0 saturated carbocycles. The molecule has 0 saturated heterocycles. The average Bonchev–Trinajstić information content (AvgIpc) is 2.82. The quantitative estimate of drug-likeness (QED) is 0.791. The van der Waals surface area contributed by atoms with Gasteiger partial charge in [0, 0.05) is 10.5 Å². The van der Waals surface area contributed by atoms with Crippen LogP contribution in [0.4, 0.5) is 5.69 Å². The van der Waals surface area contributed by atoms with Gasteiger partial charge in [-0.15, -0.1) is 0 Å². The molecule has 122 valence electrons. The van der Waals surface area contributed by atoms with E-state index in [2.05, 4.69) is 15.9 Å². The molecule has 0 spiro atoms. The predicted octanol–water partition coefficient (Wildman–Crippen LogP) is 3.91. The minimum atomic E-state index is -3.60. The van der Waals surface area contributed by atoms with Crippen LogP contribution >= 0.6 is 15.9 Å². The molecule has 1 atom stereocenters. The SMILES string of the molecule is COc1ccc(S(=O)(=O)N2c3ccc(Br)cc3C[C@H]2C)cc1C. The minimum Gasteiger partial charge on any atom is -0.496 e. The zero-order valence-electron chi connectivity index (χ0n) is 13.2. The molecule has 0 fully saturated rings. The lowest BCUT2D eigenvalue weighted by atomic mass is 10.1. The van der Waals surface area contributed by atoms with Crippen LogP contribution in [0, 0.1) is 6.92 Å². The largest absolute Gasteiger partial charge is 0.496 e. The Balaban J connectivity index is 2.09. The van der Waals surface area contributed by atoms with E-state index in [0.717, 1.165) is 21.3 Å². The summed E-state index contributed by atoms with van der Waals surface area (Å²) in [7, 11) is -2.02. The van der Waals surface area contributed by atoms with Crippen molar-refractivity contribution in [3.8, 4) is 5.75 Å². The van der Waals surface area contributed by atoms with Crippen molar-refractivity contribution in [3.05, 3.63) is 52.0 Å². The first-order chi connectivity index (χ1) is 10.8. The van der Waals surface area contributed by atoms with Gasteiger partial charge in [-0.2, -0.15) is 0 Å². The van der Waals surface area contributed by atoms with E-state index >= 15 is 0 Å². The summed E-state index contributed by atoms with van der Waals surface area (Å²) in [5, 5.41) is 0. The number of ether oxygens (including phenoxy) is 1. The van der Waals surface area contributed by atoms with Crippen molar-refractivity contribution < 1.29 is 13.2 Å². The molecule has 0 amide bonds. The fourth-order valence-corrected chi connectivity index (χ4v) is 5.25. The van der Waals surface area contributed by atoms with Crippen molar-refractivity contribution in [3.63, 3.8) is 0 Å². The summed E-state index contributed by atoms with van der Waals surface area (Å²) < 4.78 is 33.9. The van der Waals surface area contributed by atoms with Crippen molar-refractivity contribution >= 4 is 31.6 Å². The molecule has 0 aliphatic carbocycles. The maximum Gasteiger partial charge on any atom is 0.264 e. The molecule has 4 nitrogen and oxygen atoms in total. The standard InChI is InChI=1S/C17H18BrNO3S/c1-11-8-15(5-7-17(11)22-3)23(20,21)19-12(2)9-13-10-14(18)4-6-16(13)19/h4-8,10,12H,9H2,1-3H3/t12-/m1/s1. The van der Waals surface area contributed by atoms with Gasteiger partial charge >= 0.3 is 0 Å². The molecule has 2 aromatic rings. The number of benzene rings is 2. The third-order valence-corrected chi connectivity index (χ3v) is 6.54. The molecular formula is C17H18BrNO3S. The first-order valence-electron chi connectivity index (χ1n) is 7.32. The Hall–Kier alpha value is -1.53. The Morgan fingerprint density at radius 1 is 1.22 bits per heavy atom. The third kappa shape index (κ3) is 2.74. The van der Waals surface area contributed by atoms with E-state index in [4.69, 9.17) is 4.74 Å². The lowest BCUT2D eigenvalue weighted by Crippen LogP contribution is -2.35. The van der Waals surface area contributed by atoms with Crippen LogP contribution in [-0.4, -0.2) is 21.6 Å². The molecule has 23 heavy (non-hydrogen) atoms. The van der Waals surface area contributed by atoms with Crippen molar-refractivity contribution in [2.45, 2.75) is 31.2 Å². The van der Waals surface area contributed by atoms with Gasteiger partial charge in [-0.1, -0.05) is 15.9 Å². The number of sulfonamides is 1. The van der Waals surface area contributed by atoms with Gasteiger partial charge in [-0.05, 0) is 67.8 Å². The zero-order valence-corrected chi connectivity index (χ0v) is 15.6. The molecular weight excluding hydrogens is 378 g/mol. The monoisotopic (exact) mass is 395 g/mol. The van der Waals surface area contributed by atoms with Gasteiger partial charge in [0.05, 0.1) is 17.7 Å². The van der Waals surface area contributed by atoms with Crippen LogP contribution in [0.2, 0.25) is 0 Å². The highest BCUT2D eigenvalue weighted by Gasteiger charge is 2.36. The van der Waals surface area contributed by atoms with Crippen molar-refractivity contribution in [1.29, 1.82) is 0 Å². The maximum atomic E-state index is 13.1. The smallest absolute Gasteiger partial charge is 0.264 e. The van der Waals surface area contributed by atoms with Gasteiger partial charge in [0.1, 0.15) is 5.75 Å². The number of hydrogen-bond donors (Lipinski definition) is 0. The van der Waals surface area contributed by atoms with E-state index in [9.17, 15) is 8.42 Å². The second kappa shape index (κ2) is 5.83. The average molecular weight is 396 g/mol. The summed E-state index contributed by atoms with van der Waals surface area (Å²) in [5.74, 6) is 0.683. The lowest BCUT2D eigenvalue weighted by Gasteiger charge is -2.25. The zero-order chi connectivity index (χ0) is 16.8. The van der Waals surface area contributed by atoms with Gasteiger partial charge < -0.3 is 4.74 Å². The Morgan fingerprint density at radius 3 is 2.61 bits per heavy atom. The first kappa shape index (κ1) is 16.3. The molecule has 1 aliphatic rings. The molecule has 0 unspecified atom stereocenters. The molecule has 0 bridgehead atoms. The molecule has 0 N–H and O–H groups in total. The van der Waals surface area contributed by atoms with E-state index in [1.54, 1.807) is 25.3 Å². The molecule has 1 heterocycles. The van der Waals surface area contributed by atoms with Crippen LogP contribution in [-0.2, 0) is 16.4 Å². The Bertz CT molecular complexity index is 864. The number of nitrogens with zero attached hydrogens (tertiary/aromatic N) is 1. The number of fused-ring (bicyclic) bond motifs is 1. The number of aryl methyl sites for hydroxylation is 1. The van der Waals surface area contributed by atoms with Gasteiger partial charge in [0.15, 0.2) is 0 Å².